The smallest absolute Gasteiger partial charge is 0.421 e. The summed E-state index contributed by atoms with van der Waals surface area (Å²) < 4.78 is 45.6. The first kappa shape index (κ1) is 19.2. The van der Waals surface area contributed by atoms with Crippen LogP contribution in [0.15, 0.2) is 36.8 Å². The minimum absolute atomic E-state index is 0.0458. The maximum absolute atomic E-state index is 13.4. The summed E-state index contributed by atoms with van der Waals surface area (Å²) in [6.07, 6.45) is 0.436. The van der Waals surface area contributed by atoms with Crippen molar-refractivity contribution in [2.24, 2.45) is 11.7 Å². The highest BCUT2D eigenvalue weighted by molar-refractivity contribution is 5.63. The highest BCUT2D eigenvalue weighted by Crippen LogP contribution is 2.37. The van der Waals surface area contributed by atoms with Gasteiger partial charge < -0.3 is 10.5 Å². The predicted molar refractivity (Wildman–Crippen MR) is 90.0 cm³/mol. The number of nitrogens with two attached hydrogens (primary N) is 1. The van der Waals surface area contributed by atoms with Crippen molar-refractivity contribution < 1.29 is 17.9 Å². The predicted octanol–water partition coefficient (Wildman–Crippen LogP) is 4.30. The normalized spacial score (nSPS) is 14.4. The average molecular weight is 353 g/mol. The van der Waals surface area contributed by atoms with Crippen molar-refractivity contribution in [2.45, 2.75) is 38.9 Å². The molecule has 4 nitrogen and oxygen atoms in total. The Morgan fingerprint density at radius 1 is 1.16 bits per heavy atom. The van der Waals surface area contributed by atoms with Crippen molar-refractivity contribution in [1.29, 1.82) is 0 Å². The molecule has 0 aliphatic rings. The maximum atomic E-state index is 13.4. The molecule has 0 aliphatic heterocycles. The van der Waals surface area contributed by atoms with Crippen molar-refractivity contribution in [3.63, 3.8) is 0 Å². The Bertz CT molecular complexity index is 700. The zero-order valence-corrected chi connectivity index (χ0v) is 14.5. The first-order valence-electron chi connectivity index (χ1n) is 7.98. The molecule has 0 aliphatic carbocycles. The summed E-state index contributed by atoms with van der Waals surface area (Å²) >= 11 is 0. The lowest BCUT2D eigenvalue weighted by Gasteiger charge is -2.27. The van der Waals surface area contributed by atoms with Crippen LogP contribution in [-0.4, -0.2) is 22.1 Å². The van der Waals surface area contributed by atoms with Crippen LogP contribution >= 0.6 is 0 Å². The van der Waals surface area contributed by atoms with E-state index < -0.39 is 23.2 Å². The van der Waals surface area contributed by atoms with Crippen LogP contribution in [0.25, 0.3) is 11.1 Å². The van der Waals surface area contributed by atoms with Crippen molar-refractivity contribution >= 4 is 0 Å². The molecule has 0 spiro atoms. The van der Waals surface area contributed by atoms with E-state index in [1.165, 1.54) is 18.6 Å². The van der Waals surface area contributed by atoms with E-state index in [0.29, 0.717) is 23.5 Å². The number of hydrogen-bond acceptors (Lipinski definition) is 4. The summed E-state index contributed by atoms with van der Waals surface area (Å²) in [5, 5.41) is 0. The van der Waals surface area contributed by atoms with E-state index in [2.05, 4.69) is 9.97 Å². The third kappa shape index (κ3) is 5.42. The fourth-order valence-electron chi connectivity index (χ4n) is 2.70. The number of halogens is 3. The molecule has 1 unspecified atom stereocenters. The first-order chi connectivity index (χ1) is 11.6. The monoisotopic (exact) mass is 353 g/mol. The number of rotatable bonds is 6. The minimum atomic E-state index is -4.57. The van der Waals surface area contributed by atoms with Gasteiger partial charge in [-0.15, -0.1) is 0 Å². The number of hydrogen-bond donors (Lipinski definition) is 1. The molecule has 7 heteroatoms. The van der Waals surface area contributed by atoms with Gasteiger partial charge in [-0.1, -0.05) is 13.8 Å². The van der Waals surface area contributed by atoms with Crippen LogP contribution in [0.2, 0.25) is 0 Å². The van der Waals surface area contributed by atoms with Gasteiger partial charge in [-0.25, -0.2) is 4.98 Å². The number of alkyl halides is 3. The second kappa shape index (κ2) is 7.39. The van der Waals surface area contributed by atoms with E-state index in [1.807, 2.05) is 13.8 Å². The fraction of sp³-hybridized carbons (Fsp3) is 0.444. The number of pyridine rings is 2. The van der Waals surface area contributed by atoms with Crippen LogP contribution in [0, 0.1) is 5.92 Å². The van der Waals surface area contributed by atoms with Crippen LogP contribution in [0.3, 0.4) is 0 Å². The van der Waals surface area contributed by atoms with Crippen LogP contribution < -0.4 is 10.5 Å². The maximum Gasteiger partial charge on any atom is 0.421 e. The Balaban J connectivity index is 2.29. The molecule has 0 radical (unpaired) electrons. The molecule has 25 heavy (non-hydrogen) atoms. The summed E-state index contributed by atoms with van der Waals surface area (Å²) in [5.41, 5.74) is 5.40. The van der Waals surface area contributed by atoms with Gasteiger partial charge in [-0.05, 0) is 43.0 Å². The van der Waals surface area contributed by atoms with Gasteiger partial charge in [0.2, 0.25) is 5.88 Å². The Kier molecular flexibility index (Phi) is 5.67. The average Bonchev–Trinajstić information content (AvgIpc) is 2.51. The third-order valence-corrected chi connectivity index (χ3v) is 3.58. The van der Waals surface area contributed by atoms with E-state index in [-0.39, 0.29) is 6.61 Å². The highest BCUT2D eigenvalue weighted by Gasteiger charge is 2.36. The molecule has 2 aromatic rings. The molecule has 1 atom stereocenters. The fourth-order valence-corrected chi connectivity index (χ4v) is 2.70. The number of aromatic nitrogens is 2. The molecule has 2 N–H and O–H groups in total. The Labute approximate surface area is 145 Å². The van der Waals surface area contributed by atoms with E-state index in [4.69, 9.17) is 10.5 Å². The van der Waals surface area contributed by atoms with E-state index in [9.17, 15) is 13.2 Å². The van der Waals surface area contributed by atoms with Gasteiger partial charge >= 0.3 is 6.18 Å². The van der Waals surface area contributed by atoms with Crippen LogP contribution in [-0.2, 0) is 6.18 Å². The first-order valence-corrected chi connectivity index (χ1v) is 7.98. The Morgan fingerprint density at radius 2 is 1.80 bits per heavy atom. The molecule has 0 aromatic carbocycles. The molecular weight excluding hydrogens is 331 g/mol. The lowest BCUT2D eigenvalue weighted by molar-refractivity contribution is -0.139. The van der Waals surface area contributed by atoms with Gasteiger partial charge in [0.1, 0.15) is 12.2 Å². The van der Waals surface area contributed by atoms with Crippen molar-refractivity contribution in [3.8, 4) is 17.0 Å². The summed E-state index contributed by atoms with van der Waals surface area (Å²) in [6.45, 7) is 5.70. The number of ether oxygens (including phenoxy) is 1. The van der Waals surface area contributed by atoms with Gasteiger partial charge in [0.05, 0.1) is 0 Å². The molecule has 2 rings (SSSR count). The van der Waals surface area contributed by atoms with Gasteiger partial charge in [0.15, 0.2) is 0 Å². The molecule has 0 amide bonds. The van der Waals surface area contributed by atoms with Crippen LogP contribution in [0.1, 0.15) is 32.8 Å². The van der Waals surface area contributed by atoms with Crippen LogP contribution in [0.5, 0.6) is 5.88 Å². The Hall–Kier alpha value is -2.15. The zero-order valence-electron chi connectivity index (χ0n) is 14.5. The summed E-state index contributed by atoms with van der Waals surface area (Å²) in [5.74, 6) is -0.145. The highest BCUT2D eigenvalue weighted by atomic mass is 19.4. The molecule has 0 saturated carbocycles. The topological polar surface area (TPSA) is 61.0 Å². The van der Waals surface area contributed by atoms with Gasteiger partial charge in [0.25, 0.3) is 0 Å². The summed E-state index contributed by atoms with van der Waals surface area (Å²) in [6, 6.07) is 4.28. The van der Waals surface area contributed by atoms with Crippen molar-refractivity contribution in [1.82, 2.24) is 9.97 Å². The summed E-state index contributed by atoms with van der Waals surface area (Å²) in [7, 11) is 0. The molecule has 0 saturated heterocycles. The summed E-state index contributed by atoms with van der Waals surface area (Å²) in [4.78, 5) is 7.74. The number of nitrogens with zero attached hydrogens (tertiary/aromatic N) is 2. The minimum Gasteiger partial charge on any atom is -0.475 e. The molecular formula is C18H22F3N3O. The van der Waals surface area contributed by atoms with E-state index in [1.54, 1.807) is 19.1 Å². The SMILES string of the molecule is CC(C)CC(C)(N)COc1ncc(-c2ccncc2)cc1C(F)(F)F. The van der Waals surface area contributed by atoms with E-state index in [0.717, 1.165) is 6.07 Å². The lowest BCUT2D eigenvalue weighted by atomic mass is 9.93. The van der Waals surface area contributed by atoms with Gasteiger partial charge in [-0.2, -0.15) is 13.2 Å². The molecule has 0 bridgehead atoms. The molecule has 136 valence electrons. The van der Waals surface area contributed by atoms with E-state index >= 15 is 0 Å². The van der Waals surface area contributed by atoms with Crippen molar-refractivity contribution in [2.75, 3.05) is 6.61 Å². The van der Waals surface area contributed by atoms with Gasteiger partial charge in [-0.3, -0.25) is 4.98 Å². The Morgan fingerprint density at radius 3 is 2.36 bits per heavy atom. The van der Waals surface area contributed by atoms with Crippen molar-refractivity contribution in [3.05, 3.63) is 42.4 Å². The second-order valence-electron chi connectivity index (χ2n) is 6.85. The third-order valence-electron chi connectivity index (χ3n) is 3.58. The molecule has 2 aromatic heterocycles. The van der Waals surface area contributed by atoms with Crippen LogP contribution in [0.4, 0.5) is 13.2 Å². The zero-order chi connectivity index (χ0) is 18.7. The standard InChI is InChI=1S/C18H22F3N3O/c1-12(2)9-17(3,22)11-25-16-15(18(19,20)21)8-14(10-24-16)13-4-6-23-7-5-13/h4-8,10,12H,9,11,22H2,1-3H3. The molecule has 0 fully saturated rings. The van der Waals surface area contributed by atoms with Gasteiger partial charge in [0, 0.05) is 29.7 Å². The lowest BCUT2D eigenvalue weighted by Crippen LogP contribution is -2.43. The largest absolute Gasteiger partial charge is 0.475 e. The molecule has 2 heterocycles. The quantitative estimate of drug-likeness (QED) is 0.841. The second-order valence-corrected chi connectivity index (χ2v) is 6.85.